The van der Waals surface area contributed by atoms with Crippen molar-refractivity contribution in [3.63, 3.8) is 0 Å². The molecule has 0 saturated heterocycles. The summed E-state index contributed by atoms with van der Waals surface area (Å²) in [6.45, 7) is 2.08. The molecule has 4 aromatic rings. The molecule has 29 heavy (non-hydrogen) atoms. The van der Waals surface area contributed by atoms with Gasteiger partial charge in [0.15, 0.2) is 5.11 Å². The third kappa shape index (κ3) is 4.34. The van der Waals surface area contributed by atoms with Crippen molar-refractivity contribution < 1.29 is 4.79 Å². The van der Waals surface area contributed by atoms with Crippen LogP contribution in [-0.4, -0.2) is 16.0 Å². The summed E-state index contributed by atoms with van der Waals surface area (Å²) in [5.74, 6) is -0.234. The third-order valence-corrected chi connectivity index (χ3v) is 5.82. The lowest BCUT2D eigenvalue weighted by Crippen LogP contribution is -2.34. The number of aryl methyl sites for hydroxylation is 1. The molecule has 4 rings (SSSR count). The Bertz CT molecular complexity index is 1150. The van der Waals surface area contributed by atoms with Crippen molar-refractivity contribution in [2.24, 2.45) is 0 Å². The highest BCUT2D eigenvalue weighted by Gasteiger charge is 2.13. The number of nitrogens with one attached hydrogen (secondary N) is 2. The minimum Gasteiger partial charge on any atom is -0.332 e. The zero-order valence-electron chi connectivity index (χ0n) is 15.8. The highest BCUT2D eigenvalue weighted by molar-refractivity contribution is 7.80. The molecular formula is C23H19N3OS2. The highest BCUT2D eigenvalue weighted by Crippen LogP contribution is 2.34. The molecule has 0 fully saturated rings. The van der Waals surface area contributed by atoms with Crippen LogP contribution in [0.1, 0.15) is 22.8 Å². The first-order valence-electron chi connectivity index (χ1n) is 9.30. The summed E-state index contributed by atoms with van der Waals surface area (Å²) >= 11 is 7.00. The van der Waals surface area contributed by atoms with E-state index in [4.69, 9.17) is 17.2 Å². The fourth-order valence-corrected chi connectivity index (χ4v) is 4.19. The van der Waals surface area contributed by atoms with Gasteiger partial charge in [-0.15, -0.1) is 11.3 Å². The maximum atomic E-state index is 12.5. The van der Waals surface area contributed by atoms with Gasteiger partial charge >= 0.3 is 0 Å². The Morgan fingerprint density at radius 3 is 2.48 bits per heavy atom. The second kappa shape index (κ2) is 8.51. The molecule has 6 heteroatoms. The number of nitrogens with zero attached hydrogens (tertiary/aromatic N) is 1. The highest BCUT2D eigenvalue weighted by atomic mass is 32.1. The summed E-state index contributed by atoms with van der Waals surface area (Å²) in [5.41, 5.74) is 4.47. The minimum atomic E-state index is -0.234. The van der Waals surface area contributed by atoms with Crippen LogP contribution in [0, 0.1) is 0 Å². The summed E-state index contributed by atoms with van der Waals surface area (Å²) in [4.78, 5) is 17.2. The summed E-state index contributed by atoms with van der Waals surface area (Å²) in [6, 6.07) is 23.4. The van der Waals surface area contributed by atoms with E-state index in [1.54, 1.807) is 11.3 Å². The summed E-state index contributed by atoms with van der Waals surface area (Å²) in [5, 5.41) is 7.05. The van der Waals surface area contributed by atoms with Crippen molar-refractivity contribution in [1.82, 2.24) is 10.3 Å². The Labute approximate surface area is 178 Å². The normalized spacial score (nSPS) is 10.7. The zero-order valence-corrected chi connectivity index (χ0v) is 17.4. The number of benzene rings is 3. The fraction of sp³-hybridized carbons (Fsp3) is 0.0870. The number of anilines is 1. The van der Waals surface area contributed by atoms with Crippen LogP contribution >= 0.6 is 23.6 Å². The molecule has 1 heterocycles. The van der Waals surface area contributed by atoms with Gasteiger partial charge in [0.25, 0.3) is 5.91 Å². The van der Waals surface area contributed by atoms with Gasteiger partial charge in [0.2, 0.25) is 0 Å². The molecule has 0 atom stereocenters. The van der Waals surface area contributed by atoms with E-state index in [2.05, 4.69) is 23.6 Å². The van der Waals surface area contributed by atoms with Crippen molar-refractivity contribution >= 4 is 50.5 Å². The number of aromatic nitrogens is 1. The minimum absolute atomic E-state index is 0.234. The van der Waals surface area contributed by atoms with Crippen LogP contribution in [0.15, 0.2) is 72.8 Å². The lowest BCUT2D eigenvalue weighted by Gasteiger charge is -2.12. The van der Waals surface area contributed by atoms with Gasteiger partial charge in [-0.3, -0.25) is 10.1 Å². The molecule has 0 aliphatic rings. The maximum absolute atomic E-state index is 12.5. The maximum Gasteiger partial charge on any atom is 0.257 e. The van der Waals surface area contributed by atoms with Gasteiger partial charge < -0.3 is 5.32 Å². The van der Waals surface area contributed by atoms with E-state index in [1.807, 2.05) is 66.7 Å². The molecule has 0 saturated carbocycles. The van der Waals surface area contributed by atoms with Crippen LogP contribution in [0.4, 0.5) is 5.69 Å². The Kier molecular flexibility index (Phi) is 5.64. The van der Waals surface area contributed by atoms with Crippen molar-refractivity contribution in [3.8, 4) is 10.6 Å². The van der Waals surface area contributed by atoms with Crippen molar-refractivity contribution in [1.29, 1.82) is 0 Å². The van der Waals surface area contributed by atoms with Gasteiger partial charge in [0.1, 0.15) is 5.01 Å². The van der Waals surface area contributed by atoms with Crippen LogP contribution in [0.3, 0.4) is 0 Å². The number of thiocarbonyl (C=S) groups is 1. The SMILES string of the molecule is CCc1ccc(C(=O)NC(=S)Nc2ccccc2-c2nc3ccccc3s2)cc1. The van der Waals surface area contributed by atoms with E-state index in [-0.39, 0.29) is 11.0 Å². The Morgan fingerprint density at radius 2 is 1.72 bits per heavy atom. The van der Waals surface area contributed by atoms with Crippen LogP contribution in [0.5, 0.6) is 0 Å². The molecule has 0 aliphatic carbocycles. The Morgan fingerprint density at radius 1 is 1.00 bits per heavy atom. The monoisotopic (exact) mass is 417 g/mol. The summed E-state index contributed by atoms with van der Waals surface area (Å²) < 4.78 is 1.13. The number of hydrogen-bond acceptors (Lipinski definition) is 4. The molecule has 4 nitrogen and oxygen atoms in total. The number of hydrogen-bond donors (Lipinski definition) is 2. The predicted molar refractivity (Wildman–Crippen MR) is 125 cm³/mol. The predicted octanol–water partition coefficient (Wildman–Crippen LogP) is 5.65. The van der Waals surface area contributed by atoms with E-state index in [9.17, 15) is 4.79 Å². The van der Waals surface area contributed by atoms with Gasteiger partial charge in [-0.05, 0) is 60.6 Å². The topological polar surface area (TPSA) is 54.0 Å². The second-order valence-corrected chi connectivity index (χ2v) is 7.93. The third-order valence-electron chi connectivity index (χ3n) is 4.55. The molecule has 0 aliphatic heterocycles. The van der Waals surface area contributed by atoms with Crippen LogP contribution in [0.25, 0.3) is 20.8 Å². The van der Waals surface area contributed by atoms with Crippen LogP contribution in [0.2, 0.25) is 0 Å². The van der Waals surface area contributed by atoms with Crippen molar-refractivity contribution in [2.75, 3.05) is 5.32 Å². The first kappa shape index (κ1) is 19.2. The number of fused-ring (bicyclic) bond motifs is 1. The van der Waals surface area contributed by atoms with Gasteiger partial charge in [0, 0.05) is 11.1 Å². The average molecular weight is 418 g/mol. The quantitative estimate of drug-likeness (QED) is 0.421. The van der Waals surface area contributed by atoms with Gasteiger partial charge in [-0.1, -0.05) is 43.3 Å². The molecule has 1 aromatic heterocycles. The first-order valence-corrected chi connectivity index (χ1v) is 10.5. The van der Waals surface area contributed by atoms with E-state index in [0.29, 0.717) is 5.56 Å². The molecule has 2 N–H and O–H groups in total. The number of rotatable bonds is 4. The van der Waals surface area contributed by atoms with Crippen LogP contribution in [-0.2, 0) is 6.42 Å². The molecule has 3 aromatic carbocycles. The Hall–Kier alpha value is -3.09. The van der Waals surface area contributed by atoms with Crippen molar-refractivity contribution in [3.05, 3.63) is 83.9 Å². The van der Waals surface area contributed by atoms with E-state index < -0.39 is 0 Å². The smallest absolute Gasteiger partial charge is 0.257 e. The summed E-state index contributed by atoms with van der Waals surface area (Å²) in [7, 11) is 0. The number of carbonyl (C=O) groups is 1. The van der Waals surface area contributed by atoms with E-state index >= 15 is 0 Å². The fourth-order valence-electron chi connectivity index (χ4n) is 2.99. The number of carbonyl (C=O) groups excluding carboxylic acids is 1. The lowest BCUT2D eigenvalue weighted by molar-refractivity contribution is 0.0977. The molecule has 0 spiro atoms. The lowest BCUT2D eigenvalue weighted by atomic mass is 10.1. The molecular weight excluding hydrogens is 398 g/mol. The largest absolute Gasteiger partial charge is 0.332 e. The number of para-hydroxylation sites is 2. The van der Waals surface area contributed by atoms with E-state index in [1.165, 1.54) is 5.56 Å². The number of amides is 1. The molecule has 0 unspecified atom stereocenters. The van der Waals surface area contributed by atoms with Gasteiger partial charge in [0.05, 0.1) is 15.9 Å². The molecule has 0 radical (unpaired) electrons. The molecule has 144 valence electrons. The van der Waals surface area contributed by atoms with Gasteiger partial charge in [-0.2, -0.15) is 0 Å². The van der Waals surface area contributed by atoms with Crippen LogP contribution < -0.4 is 10.6 Å². The standard InChI is InChI=1S/C23H19N3OS2/c1-2-15-11-13-16(14-12-15)21(27)26-23(28)25-18-8-4-3-7-17(18)22-24-19-9-5-6-10-20(19)29-22/h3-14H,2H2,1H3,(H2,25,26,27,28). The number of thiazole rings is 1. The average Bonchev–Trinajstić information content (AvgIpc) is 3.18. The van der Waals surface area contributed by atoms with Crippen molar-refractivity contribution in [2.45, 2.75) is 13.3 Å². The molecule has 1 amide bonds. The Balaban J connectivity index is 1.52. The first-order chi connectivity index (χ1) is 14.1. The summed E-state index contributed by atoms with van der Waals surface area (Å²) in [6.07, 6.45) is 0.935. The molecule has 0 bridgehead atoms. The van der Waals surface area contributed by atoms with Gasteiger partial charge in [-0.25, -0.2) is 4.98 Å². The van der Waals surface area contributed by atoms with E-state index in [0.717, 1.165) is 32.9 Å². The zero-order chi connectivity index (χ0) is 20.2. The second-order valence-electron chi connectivity index (χ2n) is 6.49.